The normalized spacial score (nSPS) is 13.7. The van der Waals surface area contributed by atoms with Crippen molar-refractivity contribution in [2.45, 2.75) is 5.54 Å². The molecule has 0 aromatic heterocycles. The van der Waals surface area contributed by atoms with Gasteiger partial charge in [-0.05, 0) is 0 Å². The Morgan fingerprint density at radius 2 is 1.16 bits per heavy atom. The zero-order chi connectivity index (χ0) is 19.9. The minimum absolute atomic E-state index is 0.608. The van der Waals surface area contributed by atoms with Crippen LogP contribution in [0.3, 0.4) is 0 Å². The minimum atomic E-state index is -5.13. The molecule has 0 saturated heterocycles. The molecule has 0 heterocycles. The number of hydrogen-bond acceptors (Lipinski definition) is 8. The van der Waals surface area contributed by atoms with E-state index < -0.39 is 61.3 Å². The number of amides is 1. The van der Waals surface area contributed by atoms with Gasteiger partial charge < -0.3 is 39.4 Å². The molecule has 0 radical (unpaired) electrons. The molecule has 0 aromatic rings. The van der Waals surface area contributed by atoms with Crippen LogP contribution >= 0.6 is 23.5 Å². The highest BCUT2D eigenvalue weighted by Crippen LogP contribution is 2.42. The van der Waals surface area contributed by atoms with Crippen LogP contribution in [0.2, 0.25) is 0 Å². The summed E-state index contributed by atoms with van der Waals surface area (Å²) in [4.78, 5) is 64.1. The second-order valence-corrected chi connectivity index (χ2v) is 8.27. The van der Waals surface area contributed by atoms with Crippen LogP contribution in [0.5, 0.6) is 0 Å². The summed E-state index contributed by atoms with van der Waals surface area (Å²) in [5, 5.41) is 1.98. The van der Waals surface area contributed by atoms with Crippen LogP contribution in [0.1, 0.15) is 0 Å². The van der Waals surface area contributed by atoms with E-state index in [0.717, 1.165) is 7.11 Å². The molecular formula is C7H18NO14P3. The van der Waals surface area contributed by atoms with Gasteiger partial charge in [-0.2, -0.15) is 0 Å². The third-order valence-electron chi connectivity index (χ3n) is 2.21. The Morgan fingerprint density at radius 1 is 0.840 bits per heavy atom. The Morgan fingerprint density at radius 3 is 1.40 bits per heavy atom. The van der Waals surface area contributed by atoms with Gasteiger partial charge in [0.25, 0.3) is 0 Å². The van der Waals surface area contributed by atoms with Gasteiger partial charge >= 0.3 is 23.5 Å². The molecule has 0 saturated carbocycles. The minimum Gasteiger partial charge on any atom is -0.375 e. The van der Waals surface area contributed by atoms with Crippen molar-refractivity contribution < 1.29 is 66.2 Å². The van der Waals surface area contributed by atoms with Gasteiger partial charge in [0, 0.05) is 7.11 Å². The number of carbonyl (C=O) groups excluding carboxylic acids is 1. The predicted molar refractivity (Wildman–Crippen MR) is 76.7 cm³/mol. The molecule has 15 nitrogen and oxygen atoms in total. The molecular weight excluding hydrogens is 415 g/mol. The number of rotatable bonds is 12. The first kappa shape index (κ1) is 24.8. The molecule has 18 heteroatoms. The Bertz CT molecular complexity index is 510. The molecule has 0 aliphatic carbocycles. The Labute approximate surface area is 141 Å². The molecule has 0 bridgehead atoms. The molecule has 0 aromatic carbocycles. The van der Waals surface area contributed by atoms with Crippen LogP contribution in [-0.4, -0.2) is 74.3 Å². The number of ether oxygens (including phenoxy) is 1. The van der Waals surface area contributed by atoms with Gasteiger partial charge in [0.05, 0.1) is 19.8 Å². The van der Waals surface area contributed by atoms with E-state index in [4.69, 9.17) is 29.4 Å². The summed E-state index contributed by atoms with van der Waals surface area (Å²) in [7, 11) is -14.3. The molecule has 0 unspecified atom stereocenters. The van der Waals surface area contributed by atoms with Gasteiger partial charge in [0.15, 0.2) is 0 Å². The lowest BCUT2D eigenvalue weighted by Crippen LogP contribution is -2.58. The third kappa shape index (κ3) is 13.6. The van der Waals surface area contributed by atoms with Crippen molar-refractivity contribution in [2.75, 3.05) is 33.5 Å². The molecule has 0 fully saturated rings. The van der Waals surface area contributed by atoms with Crippen LogP contribution in [-0.2, 0) is 36.8 Å². The number of phosphoric acid groups is 3. The van der Waals surface area contributed by atoms with E-state index in [1.807, 2.05) is 5.32 Å². The molecule has 0 aliphatic heterocycles. The highest BCUT2D eigenvalue weighted by molar-refractivity contribution is 7.46. The standard InChI is InChI=1S/C7H18NO14P3/c1-19-2-6(9)8-7(3-20-23(10,11)12,4-21-24(13,14)15)5-22-25(16,17)18/h2-5H2,1H3,(H,8,9)(H2,10,11,12)(H2,13,14,15)(H2,16,17,18). The Balaban J connectivity index is 5.55. The van der Waals surface area contributed by atoms with Crippen molar-refractivity contribution in [1.29, 1.82) is 0 Å². The van der Waals surface area contributed by atoms with Crippen molar-refractivity contribution in [3.8, 4) is 0 Å². The number of phosphoric ester groups is 3. The second-order valence-electron chi connectivity index (χ2n) is 4.55. The molecule has 150 valence electrons. The van der Waals surface area contributed by atoms with Crippen molar-refractivity contribution in [1.82, 2.24) is 5.32 Å². The molecule has 0 rings (SSSR count). The maximum absolute atomic E-state index is 11.6. The number of methoxy groups -OCH3 is 1. The molecule has 1 amide bonds. The molecule has 0 spiro atoms. The molecule has 25 heavy (non-hydrogen) atoms. The lowest BCUT2D eigenvalue weighted by atomic mass is 10.0. The van der Waals surface area contributed by atoms with E-state index in [1.165, 1.54) is 0 Å². The lowest BCUT2D eigenvalue weighted by Gasteiger charge is -2.33. The maximum atomic E-state index is 11.6. The van der Waals surface area contributed by atoms with Crippen LogP contribution < -0.4 is 5.32 Å². The first-order valence-electron chi connectivity index (χ1n) is 5.98. The van der Waals surface area contributed by atoms with Crippen molar-refractivity contribution >= 4 is 29.4 Å². The van der Waals surface area contributed by atoms with Crippen molar-refractivity contribution in [3.05, 3.63) is 0 Å². The summed E-state index contributed by atoms with van der Waals surface area (Å²) in [6.45, 7) is -4.13. The summed E-state index contributed by atoms with van der Waals surface area (Å²) in [5.41, 5.74) is -2.28. The van der Waals surface area contributed by atoms with Gasteiger partial charge in [0.1, 0.15) is 12.1 Å². The van der Waals surface area contributed by atoms with Gasteiger partial charge in [0.2, 0.25) is 5.91 Å². The highest BCUT2D eigenvalue weighted by atomic mass is 31.2. The third-order valence-corrected chi connectivity index (χ3v) is 3.60. The average molecular weight is 433 g/mol. The zero-order valence-electron chi connectivity index (χ0n) is 12.6. The second kappa shape index (κ2) is 9.62. The van der Waals surface area contributed by atoms with Crippen LogP contribution in [0.15, 0.2) is 0 Å². The van der Waals surface area contributed by atoms with E-state index in [1.54, 1.807) is 0 Å². The first-order valence-corrected chi connectivity index (χ1v) is 10.6. The van der Waals surface area contributed by atoms with E-state index in [2.05, 4.69) is 18.3 Å². The average Bonchev–Trinajstić information content (AvgIpc) is 2.38. The maximum Gasteiger partial charge on any atom is 0.469 e. The smallest absolute Gasteiger partial charge is 0.375 e. The Kier molecular flexibility index (Phi) is 9.53. The van der Waals surface area contributed by atoms with E-state index >= 15 is 0 Å². The van der Waals surface area contributed by atoms with Gasteiger partial charge in [-0.3, -0.25) is 18.4 Å². The van der Waals surface area contributed by atoms with E-state index in [0.29, 0.717) is 0 Å². The lowest BCUT2D eigenvalue weighted by molar-refractivity contribution is -0.128. The summed E-state index contributed by atoms with van der Waals surface area (Å²) in [5.74, 6) is -0.986. The monoisotopic (exact) mass is 433 g/mol. The van der Waals surface area contributed by atoms with E-state index in [9.17, 15) is 18.5 Å². The van der Waals surface area contributed by atoms with Crippen LogP contribution in [0.4, 0.5) is 0 Å². The molecule has 0 atom stereocenters. The van der Waals surface area contributed by atoms with E-state index in [-0.39, 0.29) is 0 Å². The molecule has 0 aliphatic rings. The quantitative estimate of drug-likeness (QED) is 0.162. The summed E-state index contributed by atoms with van der Waals surface area (Å²) in [6.07, 6.45) is 0. The first-order chi connectivity index (χ1) is 11.1. The zero-order valence-corrected chi connectivity index (χ0v) is 15.3. The number of nitrogens with one attached hydrogen (secondary N) is 1. The van der Waals surface area contributed by atoms with Crippen LogP contribution in [0.25, 0.3) is 0 Å². The summed E-state index contributed by atoms with van der Waals surface area (Å²) >= 11 is 0. The SMILES string of the molecule is COCC(=O)NC(COP(=O)(O)O)(COP(=O)(O)O)COP(=O)(O)O. The van der Waals surface area contributed by atoms with Gasteiger partial charge in [-0.1, -0.05) is 0 Å². The topological polar surface area (TPSA) is 239 Å². The summed E-state index contributed by atoms with van der Waals surface area (Å²) in [6, 6.07) is 0. The highest BCUT2D eigenvalue weighted by Gasteiger charge is 2.40. The fraction of sp³-hybridized carbons (Fsp3) is 0.857. The predicted octanol–water partition coefficient (Wildman–Crippen LogP) is -2.18. The van der Waals surface area contributed by atoms with Crippen LogP contribution in [0, 0.1) is 0 Å². The molecule has 7 N–H and O–H groups in total. The van der Waals surface area contributed by atoms with Gasteiger partial charge in [-0.15, -0.1) is 0 Å². The Hall–Kier alpha value is -0.240. The van der Waals surface area contributed by atoms with Crippen molar-refractivity contribution in [3.63, 3.8) is 0 Å². The number of hydrogen-bond donors (Lipinski definition) is 7. The largest absolute Gasteiger partial charge is 0.469 e. The summed E-state index contributed by atoms with van der Waals surface area (Å²) < 4.78 is 49.5. The van der Waals surface area contributed by atoms with Gasteiger partial charge in [-0.25, -0.2) is 13.7 Å². The van der Waals surface area contributed by atoms with Crippen molar-refractivity contribution in [2.24, 2.45) is 0 Å². The number of carbonyl (C=O) groups is 1. The fourth-order valence-corrected chi connectivity index (χ4v) is 2.57. The fourth-order valence-electron chi connectivity index (χ4n) is 1.32.